The minimum absolute atomic E-state index is 0.574. The standard InChI is InChI=1S/C57H34N4OS/c1-3-14-35(15-4-1)36-26-28-38(29-27-36)55-58-56(60-57(59-55)40-32-46(37-16-5-2-6-17-37)53-45-20-9-12-25-51(45)63-52(53)34-40)39-30-31-43-44-21-13-24-49(54(44)62-50(43)33-39)61-47-22-10-7-18-41(47)42-19-8-11-23-48(42)61/h1-34H. The Labute approximate surface area is 365 Å². The van der Waals surface area contributed by atoms with Crippen LogP contribution in [0, 0.1) is 0 Å². The molecule has 5 nitrogen and oxygen atoms in total. The molecule has 0 saturated carbocycles. The Morgan fingerprint density at radius 3 is 1.65 bits per heavy atom. The third kappa shape index (κ3) is 5.80. The van der Waals surface area contributed by atoms with Gasteiger partial charge >= 0.3 is 0 Å². The number of aromatic nitrogens is 4. The van der Waals surface area contributed by atoms with Crippen LogP contribution in [0.5, 0.6) is 0 Å². The molecule has 0 aliphatic rings. The van der Waals surface area contributed by atoms with Gasteiger partial charge in [0, 0.05) is 58.4 Å². The van der Waals surface area contributed by atoms with Gasteiger partial charge in [0.05, 0.1) is 16.7 Å². The second kappa shape index (κ2) is 14.2. The zero-order valence-electron chi connectivity index (χ0n) is 33.7. The van der Waals surface area contributed by atoms with Crippen LogP contribution in [-0.4, -0.2) is 19.5 Å². The van der Waals surface area contributed by atoms with E-state index < -0.39 is 0 Å². The lowest BCUT2D eigenvalue weighted by molar-refractivity contribution is 0.666. The maximum absolute atomic E-state index is 6.90. The fourth-order valence-electron chi connectivity index (χ4n) is 9.32. The van der Waals surface area contributed by atoms with E-state index in [1.54, 1.807) is 11.3 Å². The molecular formula is C57H34N4OS. The first-order valence-corrected chi connectivity index (χ1v) is 21.9. The van der Waals surface area contributed by atoms with Gasteiger partial charge < -0.3 is 8.98 Å². The first-order valence-electron chi connectivity index (χ1n) is 21.1. The van der Waals surface area contributed by atoms with Gasteiger partial charge in [-0.15, -0.1) is 11.3 Å². The van der Waals surface area contributed by atoms with Crippen LogP contribution in [0.4, 0.5) is 0 Å². The zero-order valence-corrected chi connectivity index (χ0v) is 34.6. The lowest BCUT2D eigenvalue weighted by Gasteiger charge is -2.11. The Morgan fingerprint density at radius 2 is 0.921 bits per heavy atom. The molecule has 6 heteroatoms. The molecule has 4 aromatic heterocycles. The van der Waals surface area contributed by atoms with Gasteiger partial charge in [-0.1, -0.05) is 158 Å². The number of hydrogen-bond donors (Lipinski definition) is 0. The number of hydrogen-bond acceptors (Lipinski definition) is 5. The summed E-state index contributed by atoms with van der Waals surface area (Å²) in [6.45, 7) is 0. The molecule has 294 valence electrons. The van der Waals surface area contributed by atoms with E-state index >= 15 is 0 Å². The van der Waals surface area contributed by atoms with Crippen LogP contribution in [-0.2, 0) is 0 Å². The molecule has 0 radical (unpaired) electrons. The predicted octanol–water partition coefficient (Wildman–Crippen LogP) is 15.6. The molecule has 0 atom stereocenters. The van der Waals surface area contributed by atoms with Crippen molar-refractivity contribution in [3.8, 4) is 62.1 Å². The second-order valence-corrected chi connectivity index (χ2v) is 17.0. The summed E-state index contributed by atoms with van der Waals surface area (Å²) in [5.74, 6) is 1.78. The van der Waals surface area contributed by atoms with Crippen LogP contribution in [0.3, 0.4) is 0 Å². The van der Waals surface area contributed by atoms with E-state index in [0.717, 1.165) is 77.6 Å². The first-order chi connectivity index (χ1) is 31.2. The molecule has 0 aliphatic carbocycles. The van der Waals surface area contributed by atoms with Crippen molar-refractivity contribution in [1.82, 2.24) is 19.5 Å². The van der Waals surface area contributed by atoms with Crippen LogP contribution in [0.2, 0.25) is 0 Å². The normalized spacial score (nSPS) is 11.8. The number of rotatable bonds is 6. The molecule has 0 amide bonds. The van der Waals surface area contributed by atoms with Crippen molar-refractivity contribution in [2.24, 2.45) is 0 Å². The van der Waals surface area contributed by atoms with Crippen molar-refractivity contribution < 1.29 is 4.42 Å². The highest BCUT2D eigenvalue weighted by molar-refractivity contribution is 7.26. The Hall–Kier alpha value is -8.19. The average Bonchev–Trinajstić information content (AvgIpc) is 4.04. The van der Waals surface area contributed by atoms with Crippen LogP contribution < -0.4 is 0 Å². The monoisotopic (exact) mass is 822 g/mol. The minimum atomic E-state index is 0.574. The molecule has 0 unspecified atom stereocenters. The van der Waals surface area contributed by atoms with Gasteiger partial charge in [0.25, 0.3) is 0 Å². The van der Waals surface area contributed by atoms with Gasteiger partial charge in [-0.2, -0.15) is 0 Å². The van der Waals surface area contributed by atoms with E-state index in [-0.39, 0.29) is 0 Å². The zero-order chi connectivity index (χ0) is 41.4. The van der Waals surface area contributed by atoms with Crippen LogP contribution in [0.25, 0.3) is 126 Å². The highest BCUT2D eigenvalue weighted by Gasteiger charge is 2.21. The van der Waals surface area contributed by atoms with Gasteiger partial charge in [-0.05, 0) is 70.8 Å². The molecule has 13 aromatic rings. The number of fused-ring (bicyclic) bond motifs is 9. The smallest absolute Gasteiger partial charge is 0.164 e. The Morgan fingerprint density at radius 1 is 0.365 bits per heavy atom. The van der Waals surface area contributed by atoms with E-state index in [9.17, 15) is 0 Å². The third-order valence-electron chi connectivity index (χ3n) is 12.3. The van der Waals surface area contributed by atoms with Crippen molar-refractivity contribution in [3.63, 3.8) is 0 Å². The largest absolute Gasteiger partial charge is 0.454 e. The average molecular weight is 823 g/mol. The van der Waals surface area contributed by atoms with E-state index in [1.807, 2.05) is 6.07 Å². The fourth-order valence-corrected chi connectivity index (χ4v) is 10.5. The molecule has 13 rings (SSSR count). The number of nitrogens with zero attached hydrogens (tertiary/aromatic N) is 4. The highest BCUT2D eigenvalue weighted by atomic mass is 32.1. The summed E-state index contributed by atoms with van der Waals surface area (Å²) in [6, 6.07) is 72.6. The summed E-state index contributed by atoms with van der Waals surface area (Å²) in [6.07, 6.45) is 0. The third-order valence-corrected chi connectivity index (χ3v) is 13.4. The molecule has 0 bridgehead atoms. The van der Waals surface area contributed by atoms with Crippen LogP contribution in [0.15, 0.2) is 211 Å². The molecule has 0 saturated heterocycles. The Kier molecular flexibility index (Phi) is 8.01. The first kappa shape index (κ1) is 35.6. The SMILES string of the molecule is c1ccc(-c2ccc(-c3nc(-c4ccc5c(c4)oc4c(-n6c7ccccc7c7ccccc76)cccc45)nc(-c4cc(-c5ccccc5)c5c(c4)sc4ccccc45)n3)cc2)cc1. The molecular weight excluding hydrogens is 789 g/mol. The van der Waals surface area contributed by atoms with E-state index in [0.29, 0.717) is 17.5 Å². The maximum atomic E-state index is 6.90. The lowest BCUT2D eigenvalue weighted by atomic mass is 9.97. The summed E-state index contributed by atoms with van der Waals surface area (Å²) in [5, 5.41) is 7.00. The second-order valence-electron chi connectivity index (χ2n) is 15.9. The van der Waals surface area contributed by atoms with Gasteiger partial charge in [-0.3, -0.25) is 0 Å². The van der Waals surface area contributed by atoms with Crippen molar-refractivity contribution in [3.05, 3.63) is 206 Å². The summed E-state index contributed by atoms with van der Waals surface area (Å²) < 4.78 is 11.7. The molecule has 63 heavy (non-hydrogen) atoms. The molecule has 0 N–H and O–H groups in total. The maximum Gasteiger partial charge on any atom is 0.164 e. The van der Waals surface area contributed by atoms with Crippen LogP contribution in [0.1, 0.15) is 0 Å². The number of para-hydroxylation sites is 3. The predicted molar refractivity (Wildman–Crippen MR) is 262 cm³/mol. The Balaban J connectivity index is 1.00. The number of thiophene rings is 1. The van der Waals surface area contributed by atoms with Gasteiger partial charge in [-0.25, -0.2) is 15.0 Å². The minimum Gasteiger partial charge on any atom is -0.454 e. The topological polar surface area (TPSA) is 56.7 Å². The van der Waals surface area contributed by atoms with Gasteiger partial charge in [0.1, 0.15) is 5.58 Å². The summed E-state index contributed by atoms with van der Waals surface area (Å²) in [4.78, 5) is 15.7. The molecule has 9 aromatic carbocycles. The van der Waals surface area contributed by atoms with E-state index in [1.165, 1.54) is 30.9 Å². The van der Waals surface area contributed by atoms with Gasteiger partial charge in [0.15, 0.2) is 23.1 Å². The molecule has 0 spiro atoms. The highest BCUT2D eigenvalue weighted by Crippen LogP contribution is 2.43. The van der Waals surface area contributed by atoms with Crippen molar-refractivity contribution in [2.45, 2.75) is 0 Å². The van der Waals surface area contributed by atoms with Crippen molar-refractivity contribution in [1.29, 1.82) is 0 Å². The fraction of sp³-hybridized carbons (Fsp3) is 0. The number of furan rings is 1. The van der Waals surface area contributed by atoms with E-state index in [2.05, 4.69) is 205 Å². The quantitative estimate of drug-likeness (QED) is 0.168. The molecule has 0 fully saturated rings. The van der Waals surface area contributed by atoms with Crippen molar-refractivity contribution in [2.75, 3.05) is 0 Å². The summed E-state index contributed by atoms with van der Waals surface area (Å²) in [7, 11) is 0. The molecule has 0 aliphatic heterocycles. The van der Waals surface area contributed by atoms with Crippen LogP contribution >= 0.6 is 11.3 Å². The number of benzene rings is 9. The lowest BCUT2D eigenvalue weighted by Crippen LogP contribution is -2.00. The molecule has 4 heterocycles. The van der Waals surface area contributed by atoms with E-state index in [4.69, 9.17) is 19.4 Å². The van der Waals surface area contributed by atoms with Gasteiger partial charge in [0.2, 0.25) is 0 Å². The summed E-state index contributed by atoms with van der Waals surface area (Å²) in [5.41, 5.74) is 12.1. The Bertz CT molecular complexity index is 3850. The summed E-state index contributed by atoms with van der Waals surface area (Å²) >= 11 is 1.80. The van der Waals surface area contributed by atoms with Crippen molar-refractivity contribution >= 4 is 75.3 Å².